The van der Waals surface area contributed by atoms with Crippen molar-refractivity contribution < 1.29 is 138 Å². The molecule has 1 saturated heterocycles. The predicted octanol–water partition coefficient (Wildman–Crippen LogP) is -0.887. The summed E-state index contributed by atoms with van der Waals surface area (Å²) in [5.74, 6) is -32.0. The third-order valence-corrected chi connectivity index (χ3v) is 11.3. The van der Waals surface area contributed by atoms with Gasteiger partial charge < -0.3 is 105 Å². The number of esters is 6. The van der Waals surface area contributed by atoms with Crippen LogP contribution in [0.1, 0.15) is 59.3 Å². The van der Waals surface area contributed by atoms with Crippen LogP contribution in [-0.4, -0.2) is 162 Å². The first-order valence-corrected chi connectivity index (χ1v) is 19.3. The lowest BCUT2D eigenvalue weighted by Crippen LogP contribution is -2.64. The molecule has 0 spiro atoms. The normalized spacial score (nSPS) is 25.2. The third-order valence-electron chi connectivity index (χ3n) is 11.3. The van der Waals surface area contributed by atoms with Gasteiger partial charge in [-0.15, -0.1) is 0 Å². The van der Waals surface area contributed by atoms with Gasteiger partial charge in [-0.1, -0.05) is 0 Å². The summed E-state index contributed by atoms with van der Waals surface area (Å²) >= 11 is 0. The molecule has 8 atom stereocenters. The number of aliphatic hydroxyl groups excluding tert-OH is 1. The maximum atomic E-state index is 14.6. The van der Waals surface area contributed by atoms with Gasteiger partial charge >= 0.3 is 41.8 Å². The highest BCUT2D eigenvalue weighted by Crippen LogP contribution is 2.55. The van der Waals surface area contributed by atoms with Crippen molar-refractivity contribution in [3.8, 4) is 80.1 Å². The van der Waals surface area contributed by atoms with Crippen LogP contribution in [0.15, 0.2) is 30.3 Å². The Bertz CT molecular complexity index is 2950. The van der Waals surface area contributed by atoms with Gasteiger partial charge in [0.15, 0.2) is 75.7 Å². The molecule has 4 aromatic rings. The van der Waals surface area contributed by atoms with Crippen LogP contribution >= 0.6 is 0 Å². The summed E-state index contributed by atoms with van der Waals surface area (Å²) in [5.41, 5.74) is -11.5. The molecule has 0 aliphatic carbocycles. The zero-order chi connectivity index (χ0) is 50.5. The van der Waals surface area contributed by atoms with Crippen LogP contribution in [0.4, 0.5) is 0 Å². The quantitative estimate of drug-likeness (QED) is 0.0511. The van der Waals surface area contributed by atoms with Crippen molar-refractivity contribution in [1.82, 2.24) is 0 Å². The molecule has 4 aliphatic rings. The van der Waals surface area contributed by atoms with Crippen molar-refractivity contribution in [3.05, 3.63) is 58.1 Å². The van der Waals surface area contributed by atoms with E-state index >= 15 is 0 Å². The molecule has 4 aromatic carbocycles. The predicted molar refractivity (Wildman–Crippen MR) is 207 cm³/mol. The molecule has 8 rings (SSSR count). The van der Waals surface area contributed by atoms with Crippen LogP contribution in [0.2, 0.25) is 0 Å². The molecule has 14 N–H and O–H groups in total. The lowest BCUT2D eigenvalue weighted by Gasteiger charge is -2.44. The highest BCUT2D eigenvalue weighted by molar-refractivity contribution is 6.08. The second-order valence-electron chi connectivity index (χ2n) is 15.4. The highest BCUT2D eigenvalue weighted by Gasteiger charge is 2.62. The molecule has 1 fully saturated rings. The fourth-order valence-corrected chi connectivity index (χ4v) is 8.08. The number of benzene rings is 4. The molecule has 4 heterocycles. The molecule has 28 heteroatoms. The Hall–Kier alpha value is -9.15. The third kappa shape index (κ3) is 7.35. The number of phenols is 11. The lowest BCUT2D eigenvalue weighted by atomic mass is 9.73. The molecule has 0 amide bonds. The molecule has 0 radical (unpaired) electrons. The Morgan fingerprint density at radius 1 is 0.623 bits per heavy atom. The van der Waals surface area contributed by atoms with E-state index in [9.17, 15) is 105 Å². The van der Waals surface area contributed by atoms with E-state index in [-0.39, 0.29) is 0 Å². The topological polar surface area (TPSA) is 467 Å². The fourth-order valence-electron chi connectivity index (χ4n) is 8.08. The SMILES string of the molecule is O=C(O)C[C@]1(O)C(=O)O[C@H]2[C@@H]3OC(=O)c4cc(O)c(O)c(O)c4-c4c(cc(O)c(O)c4O)C(=O)OC[C@H]2O[C@@H](OC(=O)c2cc(O)c(O)c(O)c2)[C@@H]3OC(=O)c2cc(O)c(O)c3c2[C@@H]1[C@H](O)C(=O)O3. The van der Waals surface area contributed by atoms with Crippen molar-refractivity contribution >= 4 is 41.8 Å². The Kier molecular flexibility index (Phi) is 11.0. The molecule has 0 unspecified atom stereocenters. The van der Waals surface area contributed by atoms with Gasteiger partial charge in [0.2, 0.25) is 29.6 Å². The zero-order valence-corrected chi connectivity index (χ0v) is 33.8. The maximum absolute atomic E-state index is 14.6. The number of carbonyl (C=O) groups excluding carboxylic acids is 6. The minimum atomic E-state index is -3.83. The molecule has 362 valence electrons. The number of aliphatic carboxylic acids is 1. The maximum Gasteiger partial charge on any atom is 0.341 e. The number of hydrogen-bond donors (Lipinski definition) is 14. The summed E-state index contributed by atoms with van der Waals surface area (Å²) in [7, 11) is 0. The average molecular weight is 971 g/mol. The smallest absolute Gasteiger partial charge is 0.341 e. The van der Waals surface area contributed by atoms with E-state index in [0.29, 0.717) is 30.3 Å². The first-order valence-electron chi connectivity index (χ1n) is 19.3. The largest absolute Gasteiger partial charge is 0.504 e. The van der Waals surface area contributed by atoms with Gasteiger partial charge in [0.25, 0.3) is 0 Å². The summed E-state index contributed by atoms with van der Waals surface area (Å²) in [6, 6.07) is 2.13. The molecular weight excluding hydrogens is 940 g/mol. The Balaban J connectivity index is 1.41. The van der Waals surface area contributed by atoms with Gasteiger partial charge in [-0.05, 0) is 30.3 Å². The first-order chi connectivity index (χ1) is 32.4. The minimum absolute atomic E-state index is 0.322. The summed E-state index contributed by atoms with van der Waals surface area (Å²) in [4.78, 5) is 97.0. The molecule has 4 aliphatic heterocycles. The van der Waals surface area contributed by atoms with Gasteiger partial charge in [0, 0.05) is 16.7 Å². The standard InChI is InChI=1S/C41H30O28/c42-12-1-8(2-13(43)23(12)49)34(56)69-39-33-32-30(68-40(61)41(62,6-18(47)48)22-21-11(37(59)67-33)5-16(46)26(52)31(21)65-38(60)29(22)55)17(64-39)7-63-35(57)9-3-14(44)24(50)27(53)19(9)20-10(36(58)66-32)4-15(45)25(51)28(20)54/h1-5,17,22,29-30,32-33,39,42-46,49-55,62H,6-7H2,(H,47,48)/t17-,22-,29+,30-,32+,33-,39+,41-/m1/s1. The van der Waals surface area contributed by atoms with Crippen LogP contribution in [0, 0.1) is 0 Å². The molecule has 0 aromatic heterocycles. The van der Waals surface area contributed by atoms with Gasteiger partial charge in [0.1, 0.15) is 12.7 Å². The van der Waals surface area contributed by atoms with Gasteiger partial charge in [-0.3, -0.25) is 4.79 Å². The number of rotatable bonds is 4. The van der Waals surface area contributed by atoms with Crippen LogP contribution in [-0.2, 0) is 42.8 Å². The number of carboxylic acid groups (broad SMARTS) is 1. The van der Waals surface area contributed by atoms with Crippen LogP contribution in [0.5, 0.6) is 69.0 Å². The second kappa shape index (κ2) is 16.3. The fraction of sp³-hybridized carbons (Fsp3) is 0.244. The summed E-state index contributed by atoms with van der Waals surface area (Å²) in [5, 5.41) is 149. The number of fused-ring (bicyclic) bond motifs is 3. The van der Waals surface area contributed by atoms with E-state index in [1.165, 1.54) is 0 Å². The van der Waals surface area contributed by atoms with E-state index in [1.54, 1.807) is 0 Å². The molecule has 69 heavy (non-hydrogen) atoms. The highest BCUT2D eigenvalue weighted by atomic mass is 16.7. The van der Waals surface area contributed by atoms with E-state index in [1.807, 2.05) is 0 Å². The number of carbonyl (C=O) groups is 7. The number of hydrogen-bond acceptors (Lipinski definition) is 27. The number of phenolic OH excluding ortho intramolecular Hbond substituents is 11. The number of aliphatic hydroxyl groups is 2. The molecule has 28 nitrogen and oxygen atoms in total. The van der Waals surface area contributed by atoms with Crippen molar-refractivity contribution in [2.24, 2.45) is 0 Å². The molecule has 4 bridgehead atoms. The van der Waals surface area contributed by atoms with E-state index in [2.05, 4.69) is 0 Å². The zero-order valence-electron chi connectivity index (χ0n) is 33.8. The van der Waals surface area contributed by atoms with Gasteiger partial charge in [-0.25, -0.2) is 28.8 Å². The molecular formula is C41H30O28. The number of ether oxygens (including phenoxy) is 7. The molecule has 0 saturated carbocycles. The van der Waals surface area contributed by atoms with E-state index in [4.69, 9.17) is 33.2 Å². The van der Waals surface area contributed by atoms with E-state index in [0.717, 1.165) is 0 Å². The number of carboxylic acids is 1. The van der Waals surface area contributed by atoms with Crippen molar-refractivity contribution in [2.75, 3.05) is 6.61 Å². The summed E-state index contributed by atoms with van der Waals surface area (Å²) in [6.45, 7) is -1.40. The first kappa shape index (κ1) is 46.4. The summed E-state index contributed by atoms with van der Waals surface area (Å²) in [6.07, 6.45) is -17.7. The van der Waals surface area contributed by atoms with E-state index < -0.39 is 211 Å². The Morgan fingerprint density at radius 2 is 1.13 bits per heavy atom. The number of aromatic hydroxyl groups is 11. The summed E-state index contributed by atoms with van der Waals surface area (Å²) < 4.78 is 38.4. The average Bonchev–Trinajstić information content (AvgIpc) is 3.28. The Labute approximate surface area is 379 Å². The second-order valence-corrected chi connectivity index (χ2v) is 15.4. The van der Waals surface area contributed by atoms with Crippen LogP contribution < -0.4 is 4.74 Å². The van der Waals surface area contributed by atoms with Crippen molar-refractivity contribution in [2.45, 2.75) is 54.7 Å². The lowest BCUT2D eigenvalue weighted by molar-refractivity contribution is -0.289. The van der Waals surface area contributed by atoms with Gasteiger partial charge in [-0.2, -0.15) is 0 Å². The van der Waals surface area contributed by atoms with Crippen LogP contribution in [0.25, 0.3) is 11.1 Å². The minimum Gasteiger partial charge on any atom is -0.504 e. The van der Waals surface area contributed by atoms with Crippen LogP contribution in [0.3, 0.4) is 0 Å². The monoisotopic (exact) mass is 970 g/mol. The number of cyclic esters (lactones) is 1. The Morgan fingerprint density at radius 3 is 1.71 bits per heavy atom. The van der Waals surface area contributed by atoms with Gasteiger partial charge in [0.05, 0.1) is 34.6 Å². The van der Waals surface area contributed by atoms with Crippen molar-refractivity contribution in [1.29, 1.82) is 0 Å². The van der Waals surface area contributed by atoms with Crippen molar-refractivity contribution in [3.63, 3.8) is 0 Å².